The van der Waals surface area contributed by atoms with Gasteiger partial charge in [0.15, 0.2) is 0 Å². The van der Waals surface area contributed by atoms with Crippen molar-refractivity contribution in [2.75, 3.05) is 31.7 Å². The number of carbonyl (C=O) groups excluding carboxylic acids is 1. The number of nitrogens with one attached hydrogen (secondary N) is 2. The third-order valence-corrected chi connectivity index (χ3v) is 14.5. The normalized spacial score (nSPS) is 32.8. The van der Waals surface area contributed by atoms with E-state index in [0.717, 1.165) is 49.0 Å². The summed E-state index contributed by atoms with van der Waals surface area (Å²) in [6.45, 7) is 6.99. The second kappa shape index (κ2) is 13.8. The maximum atomic E-state index is 14.6. The lowest BCUT2D eigenvalue weighted by molar-refractivity contribution is -0.146. The number of H-pyrrole nitrogens is 1. The molecule has 2 aromatic carbocycles. The van der Waals surface area contributed by atoms with Crippen LogP contribution >= 0.6 is 0 Å². The zero-order chi connectivity index (χ0) is 37.2. The summed E-state index contributed by atoms with van der Waals surface area (Å²) in [6.07, 6.45) is 11.9. The number of carbonyl (C=O) groups is 1. The van der Waals surface area contributed by atoms with Crippen LogP contribution in [-0.2, 0) is 21.3 Å². The topological polar surface area (TPSA) is 133 Å². The minimum absolute atomic E-state index is 0.230. The molecule has 11 nitrogen and oxygen atoms in total. The number of ketones is 1. The predicted octanol–water partition coefficient (Wildman–Crippen LogP) is 6.88. The molecule has 286 valence electrons. The minimum atomic E-state index is -0.503. The number of anilines is 1. The second-order valence-electron chi connectivity index (χ2n) is 17.1. The molecule has 12 heteroatoms. The Bertz CT molecular complexity index is 2100. The van der Waals surface area contributed by atoms with Gasteiger partial charge in [-0.05, 0) is 109 Å². The number of Topliss-reactive ketones (excluding diaryl/α,β-unsaturated/α-hetero) is 1. The molecular formula is C42H51FN6O5. The number of benzene rings is 2. The maximum Gasteiger partial charge on any atom is 0.272 e. The van der Waals surface area contributed by atoms with E-state index in [1.807, 2.05) is 31.3 Å². The number of aromatic amines is 1. The highest BCUT2D eigenvalue weighted by atomic mass is 19.1. The van der Waals surface area contributed by atoms with Crippen LogP contribution in [0.15, 0.2) is 47.5 Å². The molecule has 0 amide bonds. The molecule has 0 bridgehead atoms. The molecule has 4 aromatic rings. The summed E-state index contributed by atoms with van der Waals surface area (Å²) in [6, 6.07) is 10.1. The first-order valence-electron chi connectivity index (χ1n) is 19.9. The molecule has 4 aliphatic carbocycles. The fourth-order valence-electron chi connectivity index (χ4n) is 11.8. The van der Waals surface area contributed by atoms with Crippen LogP contribution in [0, 0.1) is 40.3 Å². The van der Waals surface area contributed by atoms with E-state index in [4.69, 9.17) is 14.2 Å². The molecule has 9 rings (SSSR count). The molecule has 0 unspecified atom stereocenters. The molecule has 0 saturated heterocycles. The Labute approximate surface area is 314 Å². The van der Waals surface area contributed by atoms with E-state index in [1.165, 1.54) is 50.6 Å². The quantitative estimate of drug-likeness (QED) is 0.167. The smallest absolute Gasteiger partial charge is 0.272 e. The average Bonchev–Trinajstić information content (AvgIpc) is 3.74. The van der Waals surface area contributed by atoms with Gasteiger partial charge in [-0.3, -0.25) is 14.3 Å². The zero-order valence-corrected chi connectivity index (χ0v) is 31.5. The van der Waals surface area contributed by atoms with Crippen LogP contribution in [-0.4, -0.2) is 63.3 Å². The summed E-state index contributed by atoms with van der Waals surface area (Å²) >= 11 is 0. The Kier molecular flexibility index (Phi) is 9.11. The van der Waals surface area contributed by atoms with Crippen molar-refractivity contribution in [3.05, 3.63) is 76.0 Å². The number of fused-ring (bicyclic) bond motifs is 5. The highest BCUT2D eigenvalue weighted by Crippen LogP contribution is 2.66. The Morgan fingerprint density at radius 1 is 0.944 bits per heavy atom. The fraction of sp³-hybridized carbons (Fsp3) is 0.595. The summed E-state index contributed by atoms with van der Waals surface area (Å²) < 4.78 is 34.9. The molecule has 0 radical (unpaired) electrons. The van der Waals surface area contributed by atoms with Gasteiger partial charge in [0.25, 0.3) is 5.56 Å². The summed E-state index contributed by atoms with van der Waals surface area (Å²) in [5, 5.41) is 15.6. The molecule has 0 spiro atoms. The second-order valence-corrected chi connectivity index (χ2v) is 17.1. The summed E-state index contributed by atoms with van der Waals surface area (Å²) in [5.41, 5.74) is 2.15. The Morgan fingerprint density at radius 2 is 1.76 bits per heavy atom. The largest absolute Gasteiger partial charge is 0.491 e. The van der Waals surface area contributed by atoms with Crippen LogP contribution in [0.3, 0.4) is 0 Å². The highest BCUT2D eigenvalue weighted by molar-refractivity contribution is 5.97. The van der Waals surface area contributed by atoms with Gasteiger partial charge < -0.3 is 19.5 Å². The van der Waals surface area contributed by atoms with Gasteiger partial charge in [-0.2, -0.15) is 10.2 Å². The molecule has 3 heterocycles. The number of nitrogens with zero attached hydrogens (tertiary/aromatic N) is 4. The monoisotopic (exact) mass is 738 g/mol. The van der Waals surface area contributed by atoms with Gasteiger partial charge in [0.05, 0.1) is 49.0 Å². The van der Waals surface area contributed by atoms with Crippen molar-refractivity contribution >= 4 is 22.2 Å². The Balaban J connectivity index is 0.774. The van der Waals surface area contributed by atoms with Gasteiger partial charge in [-0.1, -0.05) is 26.0 Å². The predicted molar refractivity (Wildman–Crippen MR) is 201 cm³/mol. The van der Waals surface area contributed by atoms with Gasteiger partial charge in [0.1, 0.15) is 36.1 Å². The van der Waals surface area contributed by atoms with Gasteiger partial charge >= 0.3 is 0 Å². The molecule has 9 atom stereocenters. The van der Waals surface area contributed by atoms with E-state index in [2.05, 4.69) is 39.4 Å². The standard InChI is InChI=1S/C42H51FN6O5/c1-41-14-12-27(50)20-25(41)6-9-29-31-10-11-34(42(31,2)15-13-32(29)41)54-19-17-52-16-18-53-28-7-4-24(5-8-28)37-36(39-44-23-45-49(39)3)38-35-30(40(51)48-47-38)21-26(43)22-33(35)46-37/h4-5,7-8,21-23,25,29,31-32,34,36-37,46H,6,9-20H2,1-3H3,(H,48,51)/t25-,29-,31-,32-,34-,36+,37+,41-,42-/m0/s1. The highest BCUT2D eigenvalue weighted by Gasteiger charge is 2.60. The van der Waals surface area contributed by atoms with Gasteiger partial charge in [0, 0.05) is 31.0 Å². The van der Waals surface area contributed by atoms with E-state index in [9.17, 15) is 14.0 Å². The van der Waals surface area contributed by atoms with Crippen LogP contribution in [0.5, 0.6) is 5.75 Å². The summed E-state index contributed by atoms with van der Waals surface area (Å²) in [5.74, 6) is 3.80. The maximum absolute atomic E-state index is 14.6. The minimum Gasteiger partial charge on any atom is -0.491 e. The van der Waals surface area contributed by atoms with Crippen LogP contribution < -0.4 is 15.6 Å². The summed E-state index contributed by atoms with van der Waals surface area (Å²) in [7, 11) is 1.82. The molecular weight excluding hydrogens is 687 g/mol. The molecule has 1 aliphatic heterocycles. The third kappa shape index (κ3) is 5.95. The van der Waals surface area contributed by atoms with E-state index in [0.29, 0.717) is 71.9 Å². The summed E-state index contributed by atoms with van der Waals surface area (Å²) in [4.78, 5) is 29.4. The Morgan fingerprint density at radius 3 is 2.57 bits per heavy atom. The van der Waals surface area contributed by atoms with Crippen LogP contribution in [0.4, 0.5) is 10.1 Å². The first-order valence-corrected chi connectivity index (χ1v) is 19.9. The van der Waals surface area contributed by atoms with Gasteiger partial charge in [-0.15, -0.1) is 0 Å². The number of rotatable bonds is 10. The van der Waals surface area contributed by atoms with Crippen molar-refractivity contribution < 1.29 is 23.4 Å². The lowest BCUT2D eigenvalue weighted by atomic mass is 9.45. The van der Waals surface area contributed by atoms with Crippen LogP contribution in [0.1, 0.15) is 101 Å². The number of ether oxygens (including phenoxy) is 3. The first kappa shape index (κ1) is 35.5. The first-order chi connectivity index (χ1) is 26.1. The number of aromatic nitrogens is 5. The van der Waals surface area contributed by atoms with E-state index < -0.39 is 17.3 Å². The molecule has 5 aliphatic rings. The zero-order valence-electron chi connectivity index (χ0n) is 31.5. The Hall–Kier alpha value is -4.16. The number of hydrogen-bond donors (Lipinski definition) is 2. The van der Waals surface area contributed by atoms with Crippen molar-refractivity contribution in [2.24, 2.45) is 41.5 Å². The van der Waals surface area contributed by atoms with Crippen molar-refractivity contribution in [2.45, 2.75) is 89.7 Å². The number of hydrogen-bond acceptors (Lipinski definition) is 9. The number of aryl methyl sites for hydroxylation is 1. The molecule has 2 aromatic heterocycles. The fourth-order valence-corrected chi connectivity index (χ4v) is 11.8. The van der Waals surface area contributed by atoms with Crippen LogP contribution in [0.25, 0.3) is 10.8 Å². The molecule has 54 heavy (non-hydrogen) atoms. The van der Waals surface area contributed by atoms with Crippen molar-refractivity contribution in [1.29, 1.82) is 0 Å². The molecule has 2 N–H and O–H groups in total. The van der Waals surface area contributed by atoms with Crippen LogP contribution in [0.2, 0.25) is 0 Å². The lowest BCUT2D eigenvalue weighted by Crippen LogP contribution is -2.54. The molecule has 4 fully saturated rings. The van der Waals surface area contributed by atoms with E-state index >= 15 is 0 Å². The van der Waals surface area contributed by atoms with E-state index in [1.54, 1.807) is 4.68 Å². The van der Waals surface area contributed by atoms with Crippen molar-refractivity contribution in [1.82, 2.24) is 25.0 Å². The van der Waals surface area contributed by atoms with E-state index in [-0.39, 0.29) is 22.9 Å². The third-order valence-electron chi connectivity index (χ3n) is 14.5. The molecule has 4 saturated carbocycles. The van der Waals surface area contributed by atoms with Gasteiger partial charge in [0.2, 0.25) is 0 Å². The SMILES string of the molecule is Cn1ncnc1[C@H]1c2n[nH]c(=O)c3cc(F)cc(c23)N[C@@H]1c1ccc(OCCOCCO[C@H]2CC[C@H]3[C@@H]4CC[C@H]5CC(=O)CC[C@]5(C)[C@H]4CC[C@]23C)cc1. The van der Waals surface area contributed by atoms with Gasteiger partial charge in [-0.25, -0.2) is 14.5 Å². The lowest BCUT2D eigenvalue weighted by Gasteiger charge is -2.60. The average molecular weight is 739 g/mol. The van der Waals surface area contributed by atoms with Crippen molar-refractivity contribution in [3.8, 4) is 5.75 Å². The van der Waals surface area contributed by atoms with Crippen molar-refractivity contribution in [3.63, 3.8) is 0 Å². The number of halogens is 1.